The van der Waals surface area contributed by atoms with Crippen molar-refractivity contribution >= 4 is 11.7 Å². The van der Waals surface area contributed by atoms with Crippen molar-refractivity contribution < 1.29 is 30.6 Å². The summed E-state index contributed by atoms with van der Waals surface area (Å²) in [6, 6.07) is 7.11. The molecule has 0 radical (unpaired) electrons. The van der Waals surface area contributed by atoms with Gasteiger partial charge in [-0.2, -0.15) is 23.8 Å². The first-order chi connectivity index (χ1) is 9.77. The van der Waals surface area contributed by atoms with Gasteiger partial charge in [-0.05, 0) is 13.8 Å². The summed E-state index contributed by atoms with van der Waals surface area (Å²) >= 11 is 0. The third-order valence-electron chi connectivity index (χ3n) is 3.52. The number of nitrogens with one attached hydrogen (secondary N) is 1. The molecule has 0 aromatic heterocycles. The SMILES string of the molecule is C=C(Nc1c[c-]c(C)cc1C)N(C)/C(C)=C(/C)C(=O)OC.[W]. The van der Waals surface area contributed by atoms with Crippen LogP contribution in [0, 0.1) is 19.9 Å². The Balaban J connectivity index is 0.00000441. The van der Waals surface area contributed by atoms with Gasteiger partial charge < -0.3 is 15.0 Å². The van der Waals surface area contributed by atoms with Crippen molar-refractivity contribution in [1.29, 1.82) is 0 Å². The van der Waals surface area contributed by atoms with Crippen LogP contribution in [0.5, 0.6) is 0 Å². The Labute approximate surface area is 147 Å². The number of esters is 1. The van der Waals surface area contributed by atoms with Gasteiger partial charge in [0.15, 0.2) is 0 Å². The molecule has 0 aliphatic carbocycles. The molecule has 0 amide bonds. The molecule has 0 atom stereocenters. The van der Waals surface area contributed by atoms with Crippen LogP contribution in [0.25, 0.3) is 0 Å². The summed E-state index contributed by atoms with van der Waals surface area (Å²) in [7, 11) is 3.22. The van der Waals surface area contributed by atoms with E-state index in [2.05, 4.69) is 24.0 Å². The van der Waals surface area contributed by atoms with E-state index in [1.54, 1.807) is 6.92 Å². The summed E-state index contributed by atoms with van der Waals surface area (Å²) in [6.45, 7) is 11.6. The van der Waals surface area contributed by atoms with Gasteiger partial charge in [0.25, 0.3) is 0 Å². The number of carbonyl (C=O) groups is 1. The fourth-order valence-electron chi connectivity index (χ4n) is 1.87. The monoisotopic (exact) mass is 471 g/mol. The Morgan fingerprint density at radius 2 is 1.95 bits per heavy atom. The normalized spacial score (nSPS) is 11.0. The van der Waals surface area contributed by atoms with E-state index in [-0.39, 0.29) is 27.0 Å². The standard InChI is InChI=1S/C17H23N2O2.W/c1-11-8-9-16(12(2)10-11)18-15(5)19(6)14(4)13(3)17(20)21-7;/h9-10,18H,5H2,1-4,6-7H3;/q-1;/b14-13-;. The van der Waals surface area contributed by atoms with Crippen LogP contribution in [0.2, 0.25) is 0 Å². The predicted octanol–water partition coefficient (Wildman–Crippen LogP) is 3.38. The van der Waals surface area contributed by atoms with E-state index in [4.69, 9.17) is 4.74 Å². The van der Waals surface area contributed by atoms with Gasteiger partial charge in [0.05, 0.1) is 18.5 Å². The molecule has 1 aromatic carbocycles. The number of hydrogen-bond acceptors (Lipinski definition) is 4. The molecule has 0 heterocycles. The molecule has 1 rings (SSSR count). The van der Waals surface area contributed by atoms with Crippen LogP contribution in [-0.2, 0) is 30.6 Å². The van der Waals surface area contributed by atoms with Crippen LogP contribution < -0.4 is 5.32 Å². The van der Waals surface area contributed by atoms with E-state index < -0.39 is 0 Å². The molecule has 22 heavy (non-hydrogen) atoms. The molecule has 1 N–H and O–H groups in total. The molecule has 120 valence electrons. The summed E-state index contributed by atoms with van der Waals surface area (Å²) in [4.78, 5) is 13.4. The van der Waals surface area contributed by atoms with Crippen molar-refractivity contribution in [2.75, 3.05) is 19.5 Å². The molecule has 5 heteroatoms. The molecule has 4 nitrogen and oxygen atoms in total. The van der Waals surface area contributed by atoms with Crippen LogP contribution in [0.3, 0.4) is 0 Å². The third-order valence-corrected chi connectivity index (χ3v) is 3.52. The van der Waals surface area contributed by atoms with E-state index in [0.717, 1.165) is 22.5 Å². The number of carbonyl (C=O) groups excluding carboxylic acids is 1. The largest absolute Gasteiger partial charge is 0.466 e. The van der Waals surface area contributed by atoms with Crippen LogP contribution in [0.4, 0.5) is 5.69 Å². The molecule has 0 saturated carbocycles. The second kappa shape index (κ2) is 8.79. The Morgan fingerprint density at radius 3 is 2.45 bits per heavy atom. The van der Waals surface area contributed by atoms with E-state index >= 15 is 0 Å². The molecular weight excluding hydrogens is 448 g/mol. The van der Waals surface area contributed by atoms with E-state index in [1.807, 2.05) is 38.8 Å². The zero-order valence-corrected chi connectivity index (χ0v) is 17.0. The van der Waals surface area contributed by atoms with Gasteiger partial charge in [0.2, 0.25) is 0 Å². The minimum atomic E-state index is -0.341. The van der Waals surface area contributed by atoms with E-state index in [9.17, 15) is 4.79 Å². The van der Waals surface area contributed by atoms with Crippen molar-refractivity contribution in [2.45, 2.75) is 27.7 Å². The first-order valence-corrected chi connectivity index (χ1v) is 6.72. The summed E-state index contributed by atoms with van der Waals surface area (Å²) in [5.41, 5.74) is 4.49. The molecule has 0 aliphatic rings. The quantitative estimate of drug-likeness (QED) is 0.407. The summed E-state index contributed by atoms with van der Waals surface area (Å²) in [5, 5.41) is 3.24. The Kier molecular flexibility index (Phi) is 8.18. The number of aryl methyl sites for hydroxylation is 2. The summed E-state index contributed by atoms with van der Waals surface area (Å²) in [5.74, 6) is 0.336. The average Bonchev–Trinajstić information content (AvgIpc) is 2.46. The smallest absolute Gasteiger partial charge is 0.335 e. The van der Waals surface area contributed by atoms with E-state index in [0.29, 0.717) is 11.4 Å². The predicted molar refractivity (Wildman–Crippen MR) is 85.7 cm³/mol. The van der Waals surface area contributed by atoms with Crippen molar-refractivity contribution in [3.8, 4) is 0 Å². The maximum absolute atomic E-state index is 11.6. The Morgan fingerprint density at radius 1 is 1.36 bits per heavy atom. The maximum Gasteiger partial charge on any atom is 0.335 e. The second-order valence-electron chi connectivity index (χ2n) is 5.05. The van der Waals surface area contributed by atoms with Crippen molar-refractivity contribution in [2.24, 2.45) is 0 Å². The third kappa shape index (κ3) is 5.03. The van der Waals surface area contributed by atoms with Crippen LogP contribution >= 0.6 is 0 Å². The second-order valence-corrected chi connectivity index (χ2v) is 5.05. The minimum absolute atomic E-state index is 0. The summed E-state index contributed by atoms with van der Waals surface area (Å²) < 4.78 is 4.74. The number of allylic oxidation sites excluding steroid dienone is 1. The van der Waals surface area contributed by atoms with Gasteiger partial charge >= 0.3 is 5.97 Å². The topological polar surface area (TPSA) is 41.6 Å². The van der Waals surface area contributed by atoms with Gasteiger partial charge in [-0.3, -0.25) is 0 Å². The van der Waals surface area contributed by atoms with E-state index in [1.165, 1.54) is 7.11 Å². The van der Waals surface area contributed by atoms with Gasteiger partial charge in [-0.25, -0.2) is 4.79 Å². The molecule has 0 bridgehead atoms. The number of methoxy groups -OCH3 is 1. The van der Waals surface area contributed by atoms with Crippen LogP contribution in [0.1, 0.15) is 25.0 Å². The molecule has 0 fully saturated rings. The molecule has 1 aromatic rings. The number of nitrogens with zero attached hydrogens (tertiary/aromatic N) is 1. The van der Waals surface area contributed by atoms with Crippen LogP contribution in [-0.4, -0.2) is 25.0 Å². The maximum atomic E-state index is 11.6. The minimum Gasteiger partial charge on any atom is -0.466 e. The number of anilines is 1. The molecule has 0 spiro atoms. The first kappa shape index (κ1) is 20.5. The number of benzene rings is 1. The first-order valence-electron chi connectivity index (χ1n) is 6.72. The van der Waals surface area contributed by atoms with Crippen molar-refractivity contribution in [1.82, 2.24) is 4.90 Å². The fraction of sp³-hybridized carbons (Fsp3) is 0.353. The summed E-state index contributed by atoms with van der Waals surface area (Å²) in [6.07, 6.45) is 0. The van der Waals surface area contributed by atoms with Crippen LogP contribution in [0.15, 0.2) is 35.8 Å². The Bertz CT molecular complexity index is 594. The van der Waals surface area contributed by atoms with Gasteiger partial charge in [0, 0.05) is 33.8 Å². The van der Waals surface area contributed by atoms with Crippen molar-refractivity contribution in [3.63, 3.8) is 0 Å². The zero-order valence-electron chi connectivity index (χ0n) is 14.0. The van der Waals surface area contributed by atoms with Gasteiger partial charge in [-0.15, -0.1) is 5.56 Å². The number of ether oxygens (including phenoxy) is 1. The van der Waals surface area contributed by atoms with Crippen molar-refractivity contribution in [3.05, 3.63) is 53.0 Å². The molecule has 0 unspecified atom stereocenters. The average molecular weight is 471 g/mol. The zero-order chi connectivity index (χ0) is 16.2. The fourth-order valence-corrected chi connectivity index (χ4v) is 1.87. The van der Waals surface area contributed by atoms with Gasteiger partial charge in [-0.1, -0.05) is 26.1 Å². The number of hydrogen-bond donors (Lipinski definition) is 1. The Hall–Kier alpha value is -1.54. The number of rotatable bonds is 5. The molecule has 0 aliphatic heterocycles. The molecule has 0 saturated heterocycles. The molecular formula is C17H23N2O2W-. The van der Waals surface area contributed by atoms with Gasteiger partial charge in [0.1, 0.15) is 0 Å².